The molecule has 2 aliphatic heterocycles. The summed E-state index contributed by atoms with van der Waals surface area (Å²) in [4.78, 5) is 22.7. The normalized spacial score (nSPS) is 28.7. The Morgan fingerprint density at radius 1 is 1.42 bits per heavy atom. The molecule has 3 amide bonds. The third-order valence-electron chi connectivity index (χ3n) is 3.65. The highest BCUT2D eigenvalue weighted by Gasteiger charge is 2.42. The van der Waals surface area contributed by atoms with Gasteiger partial charge in [-0.3, -0.25) is 4.79 Å². The van der Waals surface area contributed by atoms with E-state index in [1.807, 2.05) is 11.8 Å². The van der Waals surface area contributed by atoms with Gasteiger partial charge in [0.05, 0.1) is 12.1 Å². The van der Waals surface area contributed by atoms with Crippen LogP contribution in [0.15, 0.2) is 0 Å². The van der Waals surface area contributed by atoms with Crippen molar-refractivity contribution in [1.82, 2.24) is 16.0 Å². The van der Waals surface area contributed by atoms with Crippen LogP contribution in [-0.2, 0) is 4.79 Å². The van der Waals surface area contributed by atoms with Gasteiger partial charge in [-0.15, -0.1) is 0 Å². The zero-order valence-corrected chi connectivity index (χ0v) is 12.2. The molecule has 108 valence electrons. The van der Waals surface area contributed by atoms with E-state index in [4.69, 9.17) is 0 Å². The van der Waals surface area contributed by atoms with Crippen molar-refractivity contribution in [2.45, 2.75) is 56.4 Å². The zero-order chi connectivity index (χ0) is 13.7. The molecule has 0 aliphatic carbocycles. The smallest absolute Gasteiger partial charge is 0.315 e. The lowest BCUT2D eigenvalue weighted by Gasteiger charge is -2.16. The van der Waals surface area contributed by atoms with Crippen LogP contribution in [0, 0.1) is 0 Å². The summed E-state index contributed by atoms with van der Waals surface area (Å²) in [6, 6.07) is 0.556. The Bertz CT molecular complexity index is 338. The topological polar surface area (TPSA) is 70.2 Å². The summed E-state index contributed by atoms with van der Waals surface area (Å²) >= 11 is 1.93. The van der Waals surface area contributed by atoms with Crippen LogP contribution in [0.25, 0.3) is 0 Å². The van der Waals surface area contributed by atoms with E-state index in [2.05, 4.69) is 22.9 Å². The molecule has 0 radical (unpaired) electrons. The predicted molar refractivity (Wildman–Crippen MR) is 77.3 cm³/mol. The summed E-state index contributed by atoms with van der Waals surface area (Å²) in [5.41, 5.74) is 0. The molecule has 5 nitrogen and oxygen atoms in total. The lowest BCUT2D eigenvalue weighted by Crippen LogP contribution is -2.36. The maximum atomic E-state index is 11.4. The fourth-order valence-corrected chi connectivity index (χ4v) is 4.17. The SMILES string of the molecule is CCCNC(=O)CCCC[C@@H]1SCC2NC(=O)NC21. The molecule has 2 rings (SSSR count). The fraction of sp³-hybridized carbons (Fsp3) is 0.846. The van der Waals surface area contributed by atoms with Crippen LogP contribution in [0.2, 0.25) is 0 Å². The molecule has 3 atom stereocenters. The lowest BCUT2D eigenvalue weighted by atomic mass is 10.0. The average molecular weight is 285 g/mol. The van der Waals surface area contributed by atoms with Crippen LogP contribution < -0.4 is 16.0 Å². The van der Waals surface area contributed by atoms with Gasteiger partial charge in [0.1, 0.15) is 0 Å². The molecule has 2 heterocycles. The third-order valence-corrected chi connectivity index (χ3v) is 5.16. The molecular weight excluding hydrogens is 262 g/mol. The molecule has 0 aromatic carbocycles. The second kappa shape index (κ2) is 7.03. The Balaban J connectivity index is 1.59. The van der Waals surface area contributed by atoms with Gasteiger partial charge >= 0.3 is 6.03 Å². The second-order valence-electron chi connectivity index (χ2n) is 5.22. The van der Waals surface area contributed by atoms with Crippen molar-refractivity contribution < 1.29 is 9.59 Å². The summed E-state index contributed by atoms with van der Waals surface area (Å²) < 4.78 is 0. The van der Waals surface area contributed by atoms with Gasteiger partial charge in [0.25, 0.3) is 0 Å². The molecule has 2 aliphatic rings. The molecule has 0 aromatic rings. The maximum Gasteiger partial charge on any atom is 0.315 e. The second-order valence-corrected chi connectivity index (χ2v) is 6.49. The van der Waals surface area contributed by atoms with Crippen molar-refractivity contribution in [1.29, 1.82) is 0 Å². The molecule has 3 N–H and O–H groups in total. The highest BCUT2D eigenvalue weighted by Crippen LogP contribution is 2.33. The van der Waals surface area contributed by atoms with Gasteiger partial charge < -0.3 is 16.0 Å². The van der Waals surface area contributed by atoms with Crippen molar-refractivity contribution in [2.75, 3.05) is 12.3 Å². The number of thioether (sulfide) groups is 1. The van der Waals surface area contributed by atoms with Gasteiger partial charge in [-0.05, 0) is 19.3 Å². The summed E-state index contributed by atoms with van der Waals surface area (Å²) in [6.07, 6.45) is 4.67. The highest BCUT2D eigenvalue weighted by molar-refractivity contribution is 8.00. The van der Waals surface area contributed by atoms with E-state index >= 15 is 0 Å². The number of fused-ring (bicyclic) bond motifs is 1. The number of carbonyl (C=O) groups is 2. The summed E-state index contributed by atoms with van der Waals surface area (Å²) in [6.45, 7) is 2.83. The molecule has 0 aromatic heterocycles. The van der Waals surface area contributed by atoms with E-state index in [-0.39, 0.29) is 18.0 Å². The van der Waals surface area contributed by atoms with Crippen LogP contribution in [0.1, 0.15) is 39.0 Å². The number of urea groups is 1. The van der Waals surface area contributed by atoms with Crippen LogP contribution in [-0.4, -0.2) is 41.6 Å². The molecule has 0 bridgehead atoms. The molecule has 2 saturated heterocycles. The number of unbranched alkanes of at least 4 members (excludes halogenated alkanes) is 1. The van der Waals surface area contributed by atoms with Gasteiger partial charge in [0.2, 0.25) is 5.91 Å². The summed E-state index contributed by atoms with van der Waals surface area (Å²) in [5.74, 6) is 1.17. The van der Waals surface area contributed by atoms with Crippen molar-refractivity contribution in [3.8, 4) is 0 Å². The van der Waals surface area contributed by atoms with E-state index in [1.54, 1.807) is 0 Å². The number of carbonyl (C=O) groups excluding carboxylic acids is 2. The highest BCUT2D eigenvalue weighted by atomic mass is 32.2. The van der Waals surface area contributed by atoms with E-state index in [9.17, 15) is 9.59 Å². The minimum absolute atomic E-state index is 0.0285. The fourth-order valence-electron chi connectivity index (χ4n) is 2.63. The molecule has 6 heteroatoms. The number of hydrogen-bond acceptors (Lipinski definition) is 3. The number of amides is 3. The van der Waals surface area contributed by atoms with E-state index in [0.717, 1.165) is 38.0 Å². The Kier molecular flexibility index (Phi) is 5.36. The van der Waals surface area contributed by atoms with Crippen molar-refractivity contribution in [3.05, 3.63) is 0 Å². The molecule has 0 spiro atoms. The Labute approximate surface area is 118 Å². The molecule has 19 heavy (non-hydrogen) atoms. The van der Waals surface area contributed by atoms with Gasteiger partial charge in [0, 0.05) is 24.0 Å². The Hall–Kier alpha value is -0.910. The Morgan fingerprint density at radius 3 is 3.05 bits per heavy atom. The molecule has 0 saturated carbocycles. The van der Waals surface area contributed by atoms with E-state index < -0.39 is 0 Å². The number of nitrogens with one attached hydrogen (secondary N) is 3. The minimum Gasteiger partial charge on any atom is -0.356 e. The van der Waals surface area contributed by atoms with Gasteiger partial charge in [-0.1, -0.05) is 13.3 Å². The largest absolute Gasteiger partial charge is 0.356 e. The quantitative estimate of drug-likeness (QED) is 0.487. The lowest BCUT2D eigenvalue weighted by molar-refractivity contribution is -0.121. The van der Waals surface area contributed by atoms with Crippen LogP contribution in [0.5, 0.6) is 0 Å². The first-order chi connectivity index (χ1) is 9.20. The average Bonchev–Trinajstić information content (AvgIpc) is 2.92. The summed E-state index contributed by atoms with van der Waals surface area (Å²) in [5, 5.41) is 9.33. The maximum absolute atomic E-state index is 11.4. The molecule has 2 unspecified atom stereocenters. The van der Waals surface area contributed by atoms with Gasteiger partial charge in [0.15, 0.2) is 0 Å². The van der Waals surface area contributed by atoms with Crippen molar-refractivity contribution in [2.24, 2.45) is 0 Å². The van der Waals surface area contributed by atoms with Crippen LogP contribution in [0.3, 0.4) is 0 Å². The van der Waals surface area contributed by atoms with Gasteiger partial charge in [-0.2, -0.15) is 11.8 Å². The standard InChI is InChI=1S/C13H23N3O2S/c1-2-7-14-11(17)6-4-3-5-10-12-9(8-19-10)15-13(18)16-12/h9-10,12H,2-8H2,1H3,(H,14,17)(H2,15,16,18)/t9?,10-,12?/m0/s1. The minimum atomic E-state index is -0.0285. The number of hydrogen-bond donors (Lipinski definition) is 3. The van der Waals surface area contributed by atoms with Crippen molar-refractivity contribution in [3.63, 3.8) is 0 Å². The van der Waals surface area contributed by atoms with E-state index in [0.29, 0.717) is 17.7 Å². The third kappa shape index (κ3) is 4.03. The van der Waals surface area contributed by atoms with E-state index in [1.165, 1.54) is 0 Å². The predicted octanol–water partition coefficient (Wildman–Crippen LogP) is 1.24. The monoisotopic (exact) mass is 285 g/mol. The van der Waals surface area contributed by atoms with Crippen molar-refractivity contribution >= 4 is 23.7 Å². The Morgan fingerprint density at radius 2 is 2.26 bits per heavy atom. The van der Waals surface area contributed by atoms with Gasteiger partial charge in [-0.25, -0.2) is 4.79 Å². The molecule has 2 fully saturated rings. The first-order valence-corrected chi connectivity index (χ1v) is 8.21. The molecular formula is C13H23N3O2S. The summed E-state index contributed by atoms with van der Waals surface area (Å²) in [7, 11) is 0. The first kappa shape index (κ1) is 14.5. The van der Waals surface area contributed by atoms with Crippen LogP contribution in [0.4, 0.5) is 4.79 Å². The number of rotatable bonds is 7. The van der Waals surface area contributed by atoms with Crippen LogP contribution >= 0.6 is 11.8 Å². The first-order valence-electron chi connectivity index (χ1n) is 7.16. The zero-order valence-electron chi connectivity index (χ0n) is 11.4.